The minimum Gasteiger partial charge on any atom is -0.256 e. The highest BCUT2D eigenvalue weighted by atomic mass is 32.2. The Kier molecular flexibility index (Phi) is 3.61. The van der Waals surface area contributed by atoms with Gasteiger partial charge in [0.25, 0.3) is 0 Å². The van der Waals surface area contributed by atoms with Gasteiger partial charge in [-0.05, 0) is 35.2 Å². The van der Waals surface area contributed by atoms with Gasteiger partial charge < -0.3 is 0 Å². The normalized spacial score (nSPS) is 11.2. The van der Waals surface area contributed by atoms with Crippen molar-refractivity contribution in [2.24, 2.45) is 0 Å². The van der Waals surface area contributed by atoms with Crippen molar-refractivity contribution < 1.29 is 0 Å². The third kappa shape index (κ3) is 2.85. The molecule has 1 aromatic heterocycles. The van der Waals surface area contributed by atoms with Crippen LogP contribution in [0.4, 0.5) is 0 Å². The number of thioether (sulfide) groups is 1. The molecule has 0 saturated carbocycles. The molecule has 2 aromatic carbocycles. The molecule has 0 N–H and O–H groups in total. The van der Waals surface area contributed by atoms with E-state index in [1.165, 1.54) is 15.8 Å². The van der Waals surface area contributed by atoms with Crippen LogP contribution in [0.3, 0.4) is 0 Å². The molecule has 2 heteroatoms. The summed E-state index contributed by atoms with van der Waals surface area (Å²) >= 11 is 1.72. The van der Waals surface area contributed by atoms with Crippen LogP contribution in [0.5, 0.6) is 0 Å². The Bertz CT molecular complexity index is 699. The largest absolute Gasteiger partial charge is 0.256 e. The minimum absolute atomic E-state index is 1.04. The molecule has 1 heterocycles. The molecule has 0 radical (unpaired) electrons. The summed E-state index contributed by atoms with van der Waals surface area (Å²) in [7, 11) is 0. The number of benzene rings is 2. The molecule has 19 heavy (non-hydrogen) atoms. The Hall–Kier alpha value is -2.06. The molecule has 0 saturated heterocycles. The highest BCUT2D eigenvalue weighted by Gasteiger charge is 1.99. The molecule has 3 rings (SSSR count). The molecule has 0 aliphatic heterocycles. The highest BCUT2D eigenvalue weighted by molar-refractivity contribution is 8.02. The number of pyridine rings is 1. The van der Waals surface area contributed by atoms with Gasteiger partial charge in [-0.1, -0.05) is 54.2 Å². The van der Waals surface area contributed by atoms with E-state index in [0.717, 1.165) is 5.52 Å². The molecule has 0 aliphatic carbocycles. The maximum absolute atomic E-state index is 4.37. The van der Waals surface area contributed by atoms with Gasteiger partial charge in [0.1, 0.15) is 0 Å². The van der Waals surface area contributed by atoms with E-state index in [-0.39, 0.29) is 0 Å². The number of hydrogen-bond acceptors (Lipinski definition) is 2. The van der Waals surface area contributed by atoms with Gasteiger partial charge in [0.15, 0.2) is 0 Å². The smallest absolute Gasteiger partial charge is 0.0713 e. The SMILES string of the molecule is C(=C/c1ccccc1)/Sc1cccc2ncccc12. The summed E-state index contributed by atoms with van der Waals surface area (Å²) < 4.78 is 0. The lowest BCUT2D eigenvalue weighted by atomic mass is 10.2. The van der Waals surface area contributed by atoms with Crippen LogP contribution < -0.4 is 0 Å². The number of hydrogen-bond donors (Lipinski definition) is 0. The van der Waals surface area contributed by atoms with Crippen molar-refractivity contribution in [2.45, 2.75) is 4.90 Å². The van der Waals surface area contributed by atoms with Crippen LogP contribution in [0, 0.1) is 0 Å². The highest BCUT2D eigenvalue weighted by Crippen LogP contribution is 2.27. The van der Waals surface area contributed by atoms with E-state index >= 15 is 0 Å². The van der Waals surface area contributed by atoms with Crippen LogP contribution in [0.15, 0.2) is 77.2 Å². The van der Waals surface area contributed by atoms with E-state index < -0.39 is 0 Å². The average Bonchev–Trinajstić information content (AvgIpc) is 2.49. The number of fused-ring (bicyclic) bond motifs is 1. The van der Waals surface area contributed by atoms with Crippen LogP contribution >= 0.6 is 11.8 Å². The van der Waals surface area contributed by atoms with E-state index in [9.17, 15) is 0 Å². The van der Waals surface area contributed by atoms with Crippen molar-refractivity contribution in [2.75, 3.05) is 0 Å². The Morgan fingerprint density at radius 1 is 0.842 bits per heavy atom. The van der Waals surface area contributed by atoms with Crippen molar-refractivity contribution in [3.8, 4) is 0 Å². The predicted molar refractivity (Wildman–Crippen MR) is 83.1 cm³/mol. The zero-order valence-corrected chi connectivity index (χ0v) is 11.2. The summed E-state index contributed by atoms with van der Waals surface area (Å²) in [6.45, 7) is 0. The molecule has 0 spiro atoms. The quantitative estimate of drug-likeness (QED) is 0.617. The van der Waals surface area contributed by atoms with E-state index in [4.69, 9.17) is 0 Å². The first-order chi connectivity index (χ1) is 9.43. The zero-order chi connectivity index (χ0) is 12.9. The first-order valence-corrected chi connectivity index (χ1v) is 7.03. The van der Waals surface area contributed by atoms with Crippen LogP contribution in [-0.4, -0.2) is 4.98 Å². The fourth-order valence-electron chi connectivity index (χ4n) is 1.93. The fraction of sp³-hybridized carbons (Fsp3) is 0. The molecule has 1 nitrogen and oxygen atoms in total. The summed E-state index contributed by atoms with van der Waals surface area (Å²) in [5.74, 6) is 0. The molecule has 0 unspecified atom stereocenters. The summed E-state index contributed by atoms with van der Waals surface area (Å²) in [6, 6.07) is 20.6. The number of rotatable bonds is 3. The third-order valence-electron chi connectivity index (χ3n) is 2.86. The predicted octanol–water partition coefficient (Wildman–Crippen LogP) is 5.00. The second kappa shape index (κ2) is 5.72. The third-order valence-corrected chi connectivity index (χ3v) is 3.74. The van der Waals surface area contributed by atoms with Crippen molar-refractivity contribution in [1.82, 2.24) is 4.98 Å². The summed E-state index contributed by atoms with van der Waals surface area (Å²) in [5.41, 5.74) is 2.26. The van der Waals surface area contributed by atoms with Gasteiger partial charge in [-0.25, -0.2) is 0 Å². The number of aromatic nitrogens is 1. The van der Waals surface area contributed by atoms with E-state index in [1.54, 1.807) is 11.8 Å². The van der Waals surface area contributed by atoms with E-state index in [1.807, 2.05) is 42.6 Å². The molecule has 92 valence electrons. The lowest BCUT2D eigenvalue weighted by Gasteiger charge is -2.02. The second-order valence-corrected chi connectivity index (χ2v) is 5.11. The standard InChI is InChI=1S/C17H13NS/c1-2-6-14(7-3-1)11-13-19-17-10-4-9-16-15(17)8-5-12-18-16/h1-13H/b13-11-. The van der Waals surface area contributed by atoms with Crippen LogP contribution in [0.25, 0.3) is 17.0 Å². The summed E-state index contributed by atoms with van der Waals surface area (Å²) in [5, 5.41) is 3.32. The maximum atomic E-state index is 4.37. The Labute approximate surface area is 117 Å². The minimum atomic E-state index is 1.04. The van der Waals surface area contributed by atoms with Crippen LogP contribution in [0.1, 0.15) is 5.56 Å². The maximum Gasteiger partial charge on any atom is 0.0713 e. The van der Waals surface area contributed by atoms with Gasteiger partial charge in [0.2, 0.25) is 0 Å². The average molecular weight is 263 g/mol. The summed E-state index contributed by atoms with van der Waals surface area (Å²) in [6.07, 6.45) is 3.95. The van der Waals surface area contributed by atoms with Gasteiger partial charge in [-0.2, -0.15) is 0 Å². The first kappa shape index (κ1) is 12.0. The van der Waals surface area contributed by atoms with Crippen molar-refractivity contribution in [3.05, 3.63) is 77.8 Å². The first-order valence-electron chi connectivity index (χ1n) is 6.15. The second-order valence-electron chi connectivity index (χ2n) is 4.16. The van der Waals surface area contributed by atoms with Crippen molar-refractivity contribution in [1.29, 1.82) is 0 Å². The Balaban J connectivity index is 1.84. The van der Waals surface area contributed by atoms with Gasteiger partial charge in [-0.3, -0.25) is 4.98 Å². The van der Waals surface area contributed by atoms with Crippen molar-refractivity contribution >= 4 is 28.7 Å². The molecule has 0 amide bonds. The van der Waals surface area contributed by atoms with Gasteiger partial charge >= 0.3 is 0 Å². The van der Waals surface area contributed by atoms with E-state index in [0.29, 0.717) is 0 Å². The molecule has 0 atom stereocenters. The molecule has 0 aliphatic rings. The fourth-order valence-corrected chi connectivity index (χ4v) is 2.76. The van der Waals surface area contributed by atoms with Crippen molar-refractivity contribution in [3.63, 3.8) is 0 Å². The molecule has 0 fully saturated rings. The lowest BCUT2D eigenvalue weighted by Crippen LogP contribution is -1.79. The van der Waals surface area contributed by atoms with E-state index in [2.05, 4.69) is 40.7 Å². The monoisotopic (exact) mass is 263 g/mol. The summed E-state index contributed by atoms with van der Waals surface area (Å²) in [4.78, 5) is 5.60. The molecule has 0 bridgehead atoms. The zero-order valence-electron chi connectivity index (χ0n) is 10.4. The van der Waals surface area contributed by atoms with Gasteiger partial charge in [0, 0.05) is 16.5 Å². The molecule has 3 aromatic rings. The lowest BCUT2D eigenvalue weighted by molar-refractivity contribution is 1.39. The van der Waals surface area contributed by atoms with Gasteiger partial charge in [0.05, 0.1) is 5.52 Å². The Morgan fingerprint density at radius 2 is 1.74 bits per heavy atom. The molecular weight excluding hydrogens is 250 g/mol. The number of nitrogens with zero attached hydrogens (tertiary/aromatic N) is 1. The Morgan fingerprint density at radius 3 is 2.63 bits per heavy atom. The molecular formula is C17H13NS. The topological polar surface area (TPSA) is 12.9 Å². The van der Waals surface area contributed by atoms with Crippen LogP contribution in [-0.2, 0) is 0 Å². The van der Waals surface area contributed by atoms with Crippen LogP contribution in [0.2, 0.25) is 0 Å². The van der Waals surface area contributed by atoms with Gasteiger partial charge in [-0.15, -0.1) is 0 Å².